The summed E-state index contributed by atoms with van der Waals surface area (Å²) in [7, 11) is 0. The van der Waals surface area contributed by atoms with E-state index in [0.717, 1.165) is 17.5 Å². The van der Waals surface area contributed by atoms with E-state index >= 15 is 0 Å². The Morgan fingerprint density at radius 2 is 1.75 bits per heavy atom. The molecule has 3 heterocycles. The van der Waals surface area contributed by atoms with Crippen LogP contribution in [0.5, 0.6) is 0 Å². The van der Waals surface area contributed by atoms with E-state index in [-0.39, 0.29) is 18.5 Å². The van der Waals surface area contributed by atoms with Crippen LogP contribution in [0.25, 0.3) is 5.82 Å². The van der Waals surface area contributed by atoms with Gasteiger partial charge in [-0.2, -0.15) is 27.1 Å². The number of ether oxygens (including phenoxy) is 1. The summed E-state index contributed by atoms with van der Waals surface area (Å²) in [5.74, 6) is -4.83. The number of alkyl halides is 5. The molecule has 1 atom stereocenters. The molecular weight excluding hydrogens is 333 g/mol. The number of aryl methyl sites for hydroxylation is 2. The lowest BCUT2D eigenvalue weighted by atomic mass is 10.2. The van der Waals surface area contributed by atoms with Crippen molar-refractivity contribution in [2.45, 2.75) is 38.4 Å². The molecule has 0 radical (unpaired) electrons. The first kappa shape index (κ1) is 16.9. The molecule has 0 aliphatic carbocycles. The van der Waals surface area contributed by atoms with Crippen molar-refractivity contribution in [1.82, 2.24) is 14.3 Å². The van der Waals surface area contributed by atoms with Crippen molar-refractivity contribution in [2.75, 3.05) is 13.2 Å². The fourth-order valence-corrected chi connectivity index (χ4v) is 2.86. The Bertz CT molecular complexity index is 721. The van der Waals surface area contributed by atoms with Gasteiger partial charge in [-0.05, 0) is 32.4 Å². The summed E-state index contributed by atoms with van der Waals surface area (Å²) in [6.45, 7) is 4.14. The first-order valence-corrected chi connectivity index (χ1v) is 7.40. The van der Waals surface area contributed by atoms with Gasteiger partial charge in [-0.25, -0.2) is 4.68 Å². The quantitative estimate of drug-likeness (QED) is 0.787. The zero-order valence-corrected chi connectivity index (χ0v) is 13.1. The fraction of sp³-hybridized carbons (Fsp3) is 0.533. The van der Waals surface area contributed by atoms with Crippen LogP contribution >= 0.6 is 0 Å². The van der Waals surface area contributed by atoms with Crippen LogP contribution in [0, 0.1) is 13.8 Å². The summed E-state index contributed by atoms with van der Waals surface area (Å²) in [6, 6.07) is 3.96. The van der Waals surface area contributed by atoms with E-state index in [1.165, 1.54) is 4.68 Å². The summed E-state index contributed by atoms with van der Waals surface area (Å²) < 4.78 is 73.7. The summed E-state index contributed by atoms with van der Waals surface area (Å²) in [4.78, 5) is 0. The van der Waals surface area contributed by atoms with E-state index < -0.39 is 17.8 Å². The van der Waals surface area contributed by atoms with Crippen LogP contribution in [-0.2, 0) is 10.7 Å². The molecule has 4 nitrogen and oxygen atoms in total. The van der Waals surface area contributed by atoms with Crippen LogP contribution in [0.3, 0.4) is 0 Å². The predicted molar refractivity (Wildman–Crippen MR) is 75.5 cm³/mol. The summed E-state index contributed by atoms with van der Waals surface area (Å²) in [5, 5.41) is 3.61. The minimum absolute atomic E-state index is 0.185. The molecule has 1 aliphatic rings. The Kier molecular flexibility index (Phi) is 3.94. The first-order valence-electron chi connectivity index (χ1n) is 7.40. The van der Waals surface area contributed by atoms with Gasteiger partial charge in [-0.1, -0.05) is 0 Å². The molecule has 0 spiro atoms. The predicted octanol–water partition coefficient (Wildman–Crippen LogP) is 3.91. The second kappa shape index (κ2) is 5.58. The summed E-state index contributed by atoms with van der Waals surface area (Å²) in [5.41, 5.74) is 0.133. The Morgan fingerprint density at radius 3 is 2.25 bits per heavy atom. The van der Waals surface area contributed by atoms with Gasteiger partial charge < -0.3 is 9.30 Å². The molecule has 0 saturated carbocycles. The molecule has 1 saturated heterocycles. The molecule has 2 aromatic heterocycles. The van der Waals surface area contributed by atoms with E-state index in [1.807, 2.05) is 0 Å². The lowest BCUT2D eigenvalue weighted by Crippen LogP contribution is -2.34. The Morgan fingerprint density at radius 1 is 1.12 bits per heavy atom. The van der Waals surface area contributed by atoms with Gasteiger partial charge >= 0.3 is 12.1 Å². The molecule has 2 aromatic rings. The van der Waals surface area contributed by atoms with E-state index in [0.29, 0.717) is 13.0 Å². The maximum absolute atomic E-state index is 13.7. The van der Waals surface area contributed by atoms with Gasteiger partial charge in [-0.3, -0.25) is 0 Å². The van der Waals surface area contributed by atoms with Gasteiger partial charge in [-0.15, -0.1) is 0 Å². The van der Waals surface area contributed by atoms with E-state index in [9.17, 15) is 22.0 Å². The molecular formula is C15H16F5N3O. The third-order valence-electron chi connectivity index (χ3n) is 4.15. The number of hydrogen-bond acceptors (Lipinski definition) is 2. The van der Waals surface area contributed by atoms with E-state index in [4.69, 9.17) is 4.74 Å². The minimum Gasteiger partial charge on any atom is -0.379 e. The first-order chi connectivity index (χ1) is 11.1. The summed E-state index contributed by atoms with van der Waals surface area (Å²) >= 11 is 0. The van der Waals surface area contributed by atoms with Crippen molar-refractivity contribution in [3.63, 3.8) is 0 Å². The molecule has 24 heavy (non-hydrogen) atoms. The second-order valence-electron chi connectivity index (χ2n) is 5.87. The molecule has 0 amide bonds. The average molecular weight is 349 g/mol. The van der Waals surface area contributed by atoms with Crippen LogP contribution < -0.4 is 0 Å². The monoisotopic (exact) mass is 349 g/mol. The van der Waals surface area contributed by atoms with Crippen LogP contribution in [0.4, 0.5) is 22.0 Å². The van der Waals surface area contributed by atoms with Crippen molar-refractivity contribution in [1.29, 1.82) is 0 Å². The SMILES string of the molecule is Cc1ccc(C)n1-c1cc(C(F)(F)C(F)(F)F)nn1[C@H]1CCOC1. The van der Waals surface area contributed by atoms with Gasteiger partial charge in [0.05, 0.1) is 12.6 Å². The van der Waals surface area contributed by atoms with Crippen molar-refractivity contribution in [3.8, 4) is 5.82 Å². The topological polar surface area (TPSA) is 32.0 Å². The molecule has 9 heteroatoms. The number of hydrogen-bond donors (Lipinski definition) is 0. The Balaban J connectivity index is 2.17. The molecule has 1 fully saturated rings. The van der Waals surface area contributed by atoms with Crippen LogP contribution in [0.15, 0.2) is 18.2 Å². The highest BCUT2D eigenvalue weighted by Gasteiger charge is 2.60. The van der Waals surface area contributed by atoms with Gasteiger partial charge in [0, 0.05) is 24.1 Å². The summed E-state index contributed by atoms with van der Waals surface area (Å²) in [6.07, 6.45) is -5.19. The van der Waals surface area contributed by atoms with Crippen molar-refractivity contribution in [2.24, 2.45) is 0 Å². The van der Waals surface area contributed by atoms with Gasteiger partial charge in [0.2, 0.25) is 0 Å². The molecule has 3 rings (SSSR count). The molecule has 1 aliphatic heterocycles. The Labute approximate surface area is 134 Å². The zero-order valence-electron chi connectivity index (χ0n) is 13.1. The maximum Gasteiger partial charge on any atom is 0.459 e. The normalized spacial score (nSPS) is 19.2. The van der Waals surface area contributed by atoms with Crippen molar-refractivity contribution >= 4 is 0 Å². The number of aromatic nitrogens is 3. The zero-order chi connectivity index (χ0) is 17.7. The van der Waals surface area contributed by atoms with Crippen molar-refractivity contribution in [3.05, 3.63) is 35.3 Å². The Hall–Kier alpha value is -1.90. The lowest BCUT2D eigenvalue weighted by molar-refractivity contribution is -0.291. The van der Waals surface area contributed by atoms with E-state index in [1.54, 1.807) is 30.5 Å². The second-order valence-corrected chi connectivity index (χ2v) is 5.87. The largest absolute Gasteiger partial charge is 0.459 e. The third-order valence-corrected chi connectivity index (χ3v) is 4.15. The molecule has 132 valence electrons. The van der Waals surface area contributed by atoms with Gasteiger partial charge in [0.15, 0.2) is 0 Å². The standard InChI is InChI=1S/C15H16F5N3O/c1-9-3-4-10(2)22(9)13-7-12(14(16,17)15(18,19)20)21-23(13)11-5-6-24-8-11/h3-4,7,11H,5-6,8H2,1-2H3/t11-/m0/s1. The molecule has 0 aromatic carbocycles. The lowest BCUT2D eigenvalue weighted by Gasteiger charge is -2.17. The number of nitrogens with zero attached hydrogens (tertiary/aromatic N) is 3. The van der Waals surface area contributed by atoms with Gasteiger partial charge in [0.25, 0.3) is 0 Å². The van der Waals surface area contributed by atoms with Gasteiger partial charge in [0.1, 0.15) is 11.5 Å². The fourth-order valence-electron chi connectivity index (χ4n) is 2.86. The highest BCUT2D eigenvalue weighted by Crippen LogP contribution is 2.44. The van der Waals surface area contributed by atoms with Crippen LogP contribution in [0.2, 0.25) is 0 Å². The molecule has 0 N–H and O–H groups in total. The third kappa shape index (κ3) is 2.60. The molecule has 0 bridgehead atoms. The minimum atomic E-state index is -5.70. The average Bonchev–Trinajstić information content (AvgIpc) is 3.17. The number of rotatable bonds is 3. The van der Waals surface area contributed by atoms with Crippen LogP contribution in [-0.4, -0.2) is 33.7 Å². The highest BCUT2D eigenvalue weighted by molar-refractivity contribution is 5.35. The molecule has 0 unspecified atom stereocenters. The number of halogens is 5. The maximum atomic E-state index is 13.7. The van der Waals surface area contributed by atoms with Crippen molar-refractivity contribution < 1.29 is 26.7 Å². The smallest absolute Gasteiger partial charge is 0.379 e. The highest BCUT2D eigenvalue weighted by atomic mass is 19.4. The van der Waals surface area contributed by atoms with E-state index in [2.05, 4.69) is 5.10 Å². The van der Waals surface area contributed by atoms with Crippen LogP contribution in [0.1, 0.15) is 29.5 Å².